The first kappa shape index (κ1) is 25.6. The zero-order valence-electron chi connectivity index (χ0n) is 22.2. The second-order valence-corrected chi connectivity index (χ2v) is 11.4. The van der Waals surface area contributed by atoms with E-state index in [4.69, 9.17) is 21.6 Å². The zero-order chi connectivity index (χ0) is 26.1. The summed E-state index contributed by atoms with van der Waals surface area (Å²) in [5.41, 5.74) is 2.89. The Morgan fingerprint density at radius 1 is 0.974 bits per heavy atom. The maximum Gasteiger partial charge on any atom is 0.142 e. The van der Waals surface area contributed by atoms with Crippen LogP contribution in [-0.4, -0.2) is 64.2 Å². The number of anilines is 2. The second-order valence-electron chi connectivity index (χ2n) is 11.0. The molecule has 0 unspecified atom stereocenters. The highest BCUT2D eigenvalue weighted by molar-refractivity contribution is 6.30. The van der Waals surface area contributed by atoms with E-state index in [0.717, 1.165) is 67.7 Å². The van der Waals surface area contributed by atoms with Gasteiger partial charge in [0.2, 0.25) is 0 Å². The third kappa shape index (κ3) is 5.13. The molecule has 9 heteroatoms. The molecular formula is C29H37ClFN7. The second kappa shape index (κ2) is 11.2. The van der Waals surface area contributed by atoms with Gasteiger partial charge in [-0.15, -0.1) is 0 Å². The van der Waals surface area contributed by atoms with Gasteiger partial charge in [-0.3, -0.25) is 0 Å². The summed E-state index contributed by atoms with van der Waals surface area (Å²) < 4.78 is 16.6. The van der Waals surface area contributed by atoms with Crippen LogP contribution in [0.4, 0.5) is 16.0 Å². The molecule has 4 heterocycles. The summed E-state index contributed by atoms with van der Waals surface area (Å²) in [5.74, 6) is 3.69. The van der Waals surface area contributed by atoms with Crippen LogP contribution in [0.15, 0.2) is 30.7 Å². The molecule has 2 aromatic heterocycles. The van der Waals surface area contributed by atoms with Crippen molar-refractivity contribution in [2.45, 2.75) is 63.3 Å². The highest BCUT2D eigenvalue weighted by Crippen LogP contribution is 2.44. The number of nitrogens with one attached hydrogen (secondary N) is 1. The van der Waals surface area contributed by atoms with Crippen LogP contribution < -0.4 is 10.2 Å². The van der Waals surface area contributed by atoms with E-state index >= 15 is 0 Å². The molecule has 0 atom stereocenters. The first-order valence-electron chi connectivity index (χ1n) is 14.1. The number of imidazole rings is 1. The molecule has 3 aliphatic rings. The Balaban J connectivity index is 1.23. The van der Waals surface area contributed by atoms with Crippen molar-refractivity contribution in [1.29, 1.82) is 0 Å². The zero-order valence-corrected chi connectivity index (χ0v) is 22.9. The van der Waals surface area contributed by atoms with Crippen molar-refractivity contribution in [3.63, 3.8) is 0 Å². The Bertz CT molecular complexity index is 1260. The third-order valence-electron chi connectivity index (χ3n) is 8.65. The molecule has 1 N–H and O–H groups in total. The van der Waals surface area contributed by atoms with Crippen LogP contribution >= 0.6 is 11.6 Å². The van der Waals surface area contributed by atoms with E-state index in [1.165, 1.54) is 56.8 Å². The summed E-state index contributed by atoms with van der Waals surface area (Å²) in [6.45, 7) is 6.16. The van der Waals surface area contributed by atoms with Crippen molar-refractivity contribution in [3.8, 4) is 11.3 Å². The lowest BCUT2D eigenvalue weighted by molar-refractivity contribution is 0.317. The van der Waals surface area contributed by atoms with E-state index in [0.29, 0.717) is 11.8 Å². The van der Waals surface area contributed by atoms with Crippen LogP contribution in [0.25, 0.3) is 11.3 Å². The minimum absolute atomic E-state index is 0.141. The SMILES string of the molecule is CNc1ncnc(N2CCC(c3nc(-c4ccc(Cl)c(F)c4)cn3CCN3CCCC3)CC2)c1C1CCC1. The topological polar surface area (TPSA) is 62.1 Å². The number of aromatic nitrogens is 4. The van der Waals surface area contributed by atoms with Gasteiger partial charge in [0.1, 0.15) is 29.6 Å². The highest BCUT2D eigenvalue weighted by atomic mass is 35.5. The predicted molar refractivity (Wildman–Crippen MR) is 151 cm³/mol. The number of benzene rings is 1. The van der Waals surface area contributed by atoms with E-state index in [1.807, 2.05) is 13.1 Å². The lowest BCUT2D eigenvalue weighted by Crippen LogP contribution is -2.36. The molecule has 0 amide bonds. The Labute approximate surface area is 229 Å². The van der Waals surface area contributed by atoms with Crippen LogP contribution in [0.5, 0.6) is 0 Å². The molecule has 38 heavy (non-hydrogen) atoms. The summed E-state index contributed by atoms with van der Waals surface area (Å²) in [5, 5.41) is 3.44. The van der Waals surface area contributed by atoms with Gasteiger partial charge in [-0.25, -0.2) is 19.3 Å². The fourth-order valence-corrected chi connectivity index (χ4v) is 6.36. The average molecular weight is 538 g/mol. The highest BCUT2D eigenvalue weighted by Gasteiger charge is 2.32. The van der Waals surface area contributed by atoms with Gasteiger partial charge in [-0.05, 0) is 69.7 Å². The predicted octanol–water partition coefficient (Wildman–Crippen LogP) is 5.92. The van der Waals surface area contributed by atoms with Gasteiger partial charge in [0.05, 0.1) is 10.7 Å². The third-order valence-corrected chi connectivity index (χ3v) is 8.96. The van der Waals surface area contributed by atoms with Gasteiger partial charge in [-0.1, -0.05) is 24.1 Å². The van der Waals surface area contributed by atoms with Crippen LogP contribution in [-0.2, 0) is 6.54 Å². The minimum atomic E-state index is -0.404. The lowest BCUT2D eigenvalue weighted by atomic mass is 9.80. The van der Waals surface area contributed by atoms with Crippen molar-refractivity contribution >= 4 is 23.2 Å². The number of likely N-dealkylation sites (tertiary alicyclic amines) is 1. The smallest absolute Gasteiger partial charge is 0.142 e. The number of piperidine rings is 1. The first-order chi connectivity index (χ1) is 18.6. The van der Waals surface area contributed by atoms with Gasteiger partial charge in [0, 0.05) is 56.5 Å². The summed E-state index contributed by atoms with van der Waals surface area (Å²) in [6.07, 6.45) is 12.1. The van der Waals surface area contributed by atoms with Gasteiger partial charge >= 0.3 is 0 Å². The number of rotatable bonds is 8. The Morgan fingerprint density at radius 2 is 1.76 bits per heavy atom. The monoisotopic (exact) mass is 537 g/mol. The molecule has 2 aliphatic heterocycles. The van der Waals surface area contributed by atoms with E-state index in [9.17, 15) is 4.39 Å². The first-order valence-corrected chi connectivity index (χ1v) is 14.5. The van der Waals surface area contributed by atoms with Crippen molar-refractivity contribution in [2.75, 3.05) is 50.0 Å². The van der Waals surface area contributed by atoms with Crippen LogP contribution in [0.2, 0.25) is 5.02 Å². The summed E-state index contributed by atoms with van der Waals surface area (Å²) in [4.78, 5) is 19.4. The van der Waals surface area contributed by atoms with E-state index in [-0.39, 0.29) is 5.02 Å². The molecule has 7 nitrogen and oxygen atoms in total. The summed E-state index contributed by atoms with van der Waals surface area (Å²) in [7, 11) is 1.95. The maximum absolute atomic E-state index is 14.3. The Hall–Kier alpha value is -2.71. The fourth-order valence-electron chi connectivity index (χ4n) is 6.24. The molecule has 1 aliphatic carbocycles. The summed E-state index contributed by atoms with van der Waals surface area (Å²) >= 11 is 5.95. The standard InChI is InChI=1S/C29H37ClFN7/c1-32-27-26(20-5-4-6-20)29(34-19-33-27)37-13-9-21(10-14-37)28-35-25(22-7-8-23(30)24(31)17-22)18-38(28)16-15-36-11-2-3-12-36/h7-8,17-21H,2-6,9-16H2,1H3,(H,32,33,34). The van der Waals surface area contributed by atoms with E-state index in [1.54, 1.807) is 12.4 Å². The maximum atomic E-state index is 14.3. The molecule has 1 aromatic carbocycles. The number of halogens is 2. The molecule has 6 rings (SSSR count). The minimum Gasteiger partial charge on any atom is -0.373 e. The molecule has 2 saturated heterocycles. The van der Waals surface area contributed by atoms with Gasteiger partial charge in [0.15, 0.2) is 0 Å². The molecule has 202 valence electrons. The normalized spacial score (nSPS) is 19.2. The van der Waals surface area contributed by atoms with Gasteiger partial charge < -0.3 is 19.7 Å². The Kier molecular flexibility index (Phi) is 7.52. The van der Waals surface area contributed by atoms with Crippen LogP contribution in [0, 0.1) is 5.82 Å². The molecule has 0 radical (unpaired) electrons. The fraction of sp³-hybridized carbons (Fsp3) is 0.552. The average Bonchev–Trinajstić information content (AvgIpc) is 3.59. The quantitative estimate of drug-likeness (QED) is 0.385. The van der Waals surface area contributed by atoms with Crippen LogP contribution in [0.1, 0.15) is 68.2 Å². The molecular weight excluding hydrogens is 501 g/mol. The van der Waals surface area contributed by atoms with Crippen LogP contribution in [0.3, 0.4) is 0 Å². The molecule has 0 bridgehead atoms. The van der Waals surface area contributed by atoms with Crippen molar-refractivity contribution in [1.82, 2.24) is 24.4 Å². The molecule has 3 fully saturated rings. The van der Waals surface area contributed by atoms with Gasteiger partial charge in [0.25, 0.3) is 0 Å². The van der Waals surface area contributed by atoms with E-state index in [2.05, 4.69) is 30.9 Å². The lowest BCUT2D eigenvalue weighted by Gasteiger charge is -2.36. The van der Waals surface area contributed by atoms with Gasteiger partial charge in [-0.2, -0.15) is 0 Å². The van der Waals surface area contributed by atoms with E-state index < -0.39 is 5.82 Å². The number of hydrogen-bond acceptors (Lipinski definition) is 6. The Morgan fingerprint density at radius 3 is 2.45 bits per heavy atom. The van der Waals surface area contributed by atoms with Crippen molar-refractivity contribution in [2.24, 2.45) is 0 Å². The number of hydrogen-bond donors (Lipinski definition) is 1. The number of nitrogens with zero attached hydrogens (tertiary/aromatic N) is 6. The summed E-state index contributed by atoms with van der Waals surface area (Å²) in [6, 6.07) is 4.98. The molecule has 3 aromatic rings. The molecule has 1 saturated carbocycles. The largest absolute Gasteiger partial charge is 0.373 e. The van der Waals surface area contributed by atoms with Crippen molar-refractivity contribution < 1.29 is 4.39 Å². The molecule has 0 spiro atoms. The van der Waals surface area contributed by atoms with Crippen molar-refractivity contribution in [3.05, 3.63) is 53.0 Å².